The second-order valence-corrected chi connectivity index (χ2v) is 22.5. The third-order valence-electron chi connectivity index (χ3n) is 15.6. The molecule has 0 aromatic rings. The summed E-state index contributed by atoms with van der Waals surface area (Å²) in [6.07, 6.45) is 42.8. The molecule has 452 valence electrons. The molecule has 77 heavy (non-hydrogen) atoms. The van der Waals surface area contributed by atoms with Crippen molar-refractivity contribution in [3.05, 3.63) is 36.5 Å². The summed E-state index contributed by atoms with van der Waals surface area (Å²) in [5.41, 5.74) is 0. The molecule has 2 aliphatic rings. The number of unbranched alkanes of at least 4 members (excludes halogenated alkanes) is 32. The van der Waals surface area contributed by atoms with Crippen LogP contribution < -0.4 is 5.32 Å². The zero-order valence-corrected chi connectivity index (χ0v) is 48.7. The minimum Gasteiger partial charge on any atom is -0.394 e. The van der Waals surface area contributed by atoms with E-state index in [0.29, 0.717) is 19.3 Å². The highest BCUT2D eigenvalue weighted by atomic mass is 16.7. The first-order valence-corrected chi connectivity index (χ1v) is 31.7. The molecule has 14 nitrogen and oxygen atoms in total. The maximum absolute atomic E-state index is 13.3. The summed E-state index contributed by atoms with van der Waals surface area (Å²) in [6, 6.07) is -0.834. The van der Waals surface area contributed by atoms with Crippen molar-refractivity contribution in [2.24, 2.45) is 0 Å². The minimum absolute atomic E-state index is 0.212. The number of nitrogens with one attached hydrogen (secondary N) is 1. The third kappa shape index (κ3) is 34.3. The van der Waals surface area contributed by atoms with Crippen LogP contribution in [0.15, 0.2) is 36.5 Å². The summed E-state index contributed by atoms with van der Waals surface area (Å²) >= 11 is 0. The molecule has 12 unspecified atom stereocenters. The van der Waals surface area contributed by atoms with E-state index < -0.39 is 86.8 Å². The molecule has 0 aromatic carbocycles. The molecule has 0 aromatic heterocycles. The van der Waals surface area contributed by atoms with E-state index in [9.17, 15) is 45.6 Å². The van der Waals surface area contributed by atoms with Crippen LogP contribution >= 0.6 is 0 Å². The standard InChI is InChI=1S/C63H117NO13/c1-3-5-7-9-11-13-15-17-19-21-23-25-26-27-29-31-33-35-37-39-41-43-45-47-55(68)64-51(52(67)46-44-42-40-38-36-34-32-30-28-24-22-20-18-16-14-12-10-8-6-4-2)50-74-62-60(73)58(71)61(54(49-66)76-62)77-63-59(72)57(70)56(69)53(48-65)75-63/h15,17,21,23,26-27,51-54,56-63,65-67,69-73H,3-14,16,18-20,22,24-25,28-50H2,1-2H3,(H,64,68)/b17-15-,23-21-,27-26-. The SMILES string of the molecule is CCCCCCC/C=C\C/C=C\C/C=C\CCCCCCCCCCC(=O)NC(COC1OC(CO)C(OC2OC(CO)C(O)C(O)C2O)C(O)C1O)C(O)CCCCCCCCCCCCCCCCCCCCCC. The van der Waals surface area contributed by atoms with Crippen molar-refractivity contribution in [3.63, 3.8) is 0 Å². The summed E-state index contributed by atoms with van der Waals surface area (Å²) in [4.78, 5) is 13.3. The predicted octanol–water partition coefficient (Wildman–Crippen LogP) is 11.4. The van der Waals surface area contributed by atoms with Crippen molar-refractivity contribution >= 4 is 5.91 Å². The fraction of sp³-hybridized carbons (Fsp3) is 0.889. The van der Waals surface area contributed by atoms with Gasteiger partial charge < -0.3 is 65.1 Å². The van der Waals surface area contributed by atoms with Gasteiger partial charge in [0.15, 0.2) is 12.6 Å². The van der Waals surface area contributed by atoms with Crippen molar-refractivity contribution in [3.8, 4) is 0 Å². The number of aliphatic hydroxyl groups is 8. The zero-order valence-electron chi connectivity index (χ0n) is 48.7. The Morgan fingerprint density at radius 3 is 1.31 bits per heavy atom. The first kappa shape index (κ1) is 71.3. The molecule has 0 radical (unpaired) electrons. The summed E-state index contributed by atoms with van der Waals surface area (Å²) < 4.78 is 22.9. The molecule has 2 rings (SSSR count). The van der Waals surface area contributed by atoms with E-state index >= 15 is 0 Å². The van der Waals surface area contributed by atoms with Gasteiger partial charge in [-0.25, -0.2) is 0 Å². The Balaban J connectivity index is 1.73. The van der Waals surface area contributed by atoms with Crippen LogP contribution in [0.1, 0.15) is 264 Å². The van der Waals surface area contributed by atoms with Crippen LogP contribution in [-0.4, -0.2) is 140 Å². The van der Waals surface area contributed by atoms with Crippen LogP contribution in [0.2, 0.25) is 0 Å². The Hall–Kier alpha value is -1.79. The molecule has 2 aliphatic heterocycles. The van der Waals surface area contributed by atoms with Gasteiger partial charge in [0.1, 0.15) is 48.8 Å². The van der Waals surface area contributed by atoms with Gasteiger partial charge in [-0.15, -0.1) is 0 Å². The summed E-state index contributed by atoms with van der Waals surface area (Å²) in [6.45, 7) is 2.87. The average Bonchev–Trinajstić information content (AvgIpc) is 3.44. The number of amides is 1. The highest BCUT2D eigenvalue weighted by Gasteiger charge is 2.51. The average molecular weight is 1100 g/mol. The summed E-state index contributed by atoms with van der Waals surface area (Å²) in [5.74, 6) is -0.212. The van der Waals surface area contributed by atoms with E-state index in [2.05, 4.69) is 55.6 Å². The Morgan fingerprint density at radius 2 is 0.857 bits per heavy atom. The van der Waals surface area contributed by atoms with E-state index in [4.69, 9.17) is 18.9 Å². The number of rotatable bonds is 51. The molecular formula is C63H117NO13. The van der Waals surface area contributed by atoms with E-state index in [1.807, 2.05) is 0 Å². The smallest absolute Gasteiger partial charge is 0.220 e. The van der Waals surface area contributed by atoms with Gasteiger partial charge in [0, 0.05) is 6.42 Å². The highest BCUT2D eigenvalue weighted by molar-refractivity contribution is 5.76. The van der Waals surface area contributed by atoms with E-state index in [0.717, 1.165) is 64.2 Å². The Bertz CT molecular complexity index is 1430. The van der Waals surface area contributed by atoms with Crippen LogP contribution in [0.4, 0.5) is 0 Å². The van der Waals surface area contributed by atoms with Crippen LogP contribution in [0.25, 0.3) is 0 Å². The second kappa shape index (κ2) is 48.9. The number of ether oxygens (including phenoxy) is 4. The number of carbonyl (C=O) groups excluding carboxylic acids is 1. The van der Waals surface area contributed by atoms with E-state index in [1.54, 1.807) is 0 Å². The van der Waals surface area contributed by atoms with Crippen molar-refractivity contribution in [1.29, 1.82) is 0 Å². The summed E-state index contributed by atoms with van der Waals surface area (Å²) in [5, 5.41) is 87.4. The van der Waals surface area contributed by atoms with Crippen molar-refractivity contribution < 1.29 is 64.6 Å². The van der Waals surface area contributed by atoms with Crippen LogP contribution in [0, 0.1) is 0 Å². The largest absolute Gasteiger partial charge is 0.394 e. The van der Waals surface area contributed by atoms with Gasteiger partial charge in [0.05, 0.1) is 32.0 Å². The lowest BCUT2D eigenvalue weighted by atomic mass is 9.97. The monoisotopic (exact) mass is 1100 g/mol. The predicted molar refractivity (Wildman–Crippen MR) is 309 cm³/mol. The number of aliphatic hydroxyl groups excluding tert-OH is 8. The van der Waals surface area contributed by atoms with Gasteiger partial charge in [-0.05, 0) is 51.4 Å². The number of hydrogen-bond acceptors (Lipinski definition) is 13. The van der Waals surface area contributed by atoms with Gasteiger partial charge in [0.2, 0.25) is 5.91 Å². The number of carbonyl (C=O) groups is 1. The van der Waals surface area contributed by atoms with Gasteiger partial charge in [-0.3, -0.25) is 4.79 Å². The minimum atomic E-state index is -1.78. The molecule has 2 heterocycles. The maximum atomic E-state index is 13.3. The van der Waals surface area contributed by atoms with E-state index in [1.165, 1.54) is 167 Å². The molecule has 12 atom stereocenters. The lowest BCUT2D eigenvalue weighted by Gasteiger charge is -2.46. The lowest BCUT2D eigenvalue weighted by Crippen LogP contribution is -2.65. The molecule has 2 saturated heterocycles. The van der Waals surface area contributed by atoms with Gasteiger partial charge in [-0.1, -0.05) is 243 Å². The highest BCUT2D eigenvalue weighted by Crippen LogP contribution is 2.30. The first-order valence-electron chi connectivity index (χ1n) is 31.7. The molecule has 0 spiro atoms. The van der Waals surface area contributed by atoms with Gasteiger partial charge in [0.25, 0.3) is 0 Å². The van der Waals surface area contributed by atoms with Crippen molar-refractivity contribution in [2.45, 2.75) is 338 Å². The molecule has 14 heteroatoms. The van der Waals surface area contributed by atoms with Crippen LogP contribution in [0.3, 0.4) is 0 Å². The zero-order chi connectivity index (χ0) is 56.0. The Labute approximate surface area is 468 Å². The fourth-order valence-corrected chi connectivity index (χ4v) is 10.5. The maximum Gasteiger partial charge on any atom is 0.220 e. The molecule has 0 saturated carbocycles. The normalized spacial score (nSPS) is 24.9. The second-order valence-electron chi connectivity index (χ2n) is 22.5. The van der Waals surface area contributed by atoms with Gasteiger partial charge in [-0.2, -0.15) is 0 Å². The quantitative estimate of drug-likeness (QED) is 0.0204. The van der Waals surface area contributed by atoms with Crippen LogP contribution in [0.5, 0.6) is 0 Å². The fourth-order valence-electron chi connectivity index (χ4n) is 10.5. The topological polar surface area (TPSA) is 228 Å². The number of hydrogen-bond donors (Lipinski definition) is 9. The van der Waals surface area contributed by atoms with Gasteiger partial charge >= 0.3 is 0 Å². The number of allylic oxidation sites excluding steroid dienone is 6. The molecule has 2 fully saturated rings. The lowest BCUT2D eigenvalue weighted by molar-refractivity contribution is -0.359. The molecule has 0 aliphatic carbocycles. The summed E-state index contributed by atoms with van der Waals surface area (Å²) in [7, 11) is 0. The van der Waals surface area contributed by atoms with Crippen LogP contribution in [-0.2, 0) is 23.7 Å². The first-order chi connectivity index (χ1) is 37.6. The molecule has 1 amide bonds. The third-order valence-corrected chi connectivity index (χ3v) is 15.6. The molecular weight excluding hydrogens is 979 g/mol. The van der Waals surface area contributed by atoms with Crippen molar-refractivity contribution in [1.82, 2.24) is 5.32 Å². The molecule has 0 bridgehead atoms. The molecule has 9 N–H and O–H groups in total. The Kier molecular flexibility index (Phi) is 45.3. The van der Waals surface area contributed by atoms with E-state index in [-0.39, 0.29) is 12.5 Å². The van der Waals surface area contributed by atoms with Crippen molar-refractivity contribution in [2.75, 3.05) is 19.8 Å². The Morgan fingerprint density at radius 1 is 0.468 bits per heavy atom.